The summed E-state index contributed by atoms with van der Waals surface area (Å²) in [5.74, 6) is 0.625. The molecule has 0 spiro atoms. The maximum Gasteiger partial charge on any atom is 0.320 e. The van der Waals surface area contributed by atoms with Crippen LogP contribution >= 0.6 is 0 Å². The lowest BCUT2D eigenvalue weighted by Gasteiger charge is -2.35. The summed E-state index contributed by atoms with van der Waals surface area (Å²) in [6.07, 6.45) is 4.66. The van der Waals surface area contributed by atoms with Gasteiger partial charge in [-0.3, -0.25) is 0 Å². The Morgan fingerprint density at radius 3 is 2.62 bits per heavy atom. The van der Waals surface area contributed by atoms with E-state index in [-0.39, 0.29) is 6.03 Å². The molecule has 0 aromatic heterocycles. The Morgan fingerprint density at radius 1 is 1.29 bits per heavy atom. The molecule has 2 N–H and O–H groups in total. The van der Waals surface area contributed by atoms with Gasteiger partial charge in [-0.15, -0.1) is 0 Å². The molecule has 2 aliphatic rings. The number of rotatable bonds is 3. The molecule has 1 atom stereocenters. The van der Waals surface area contributed by atoms with Crippen LogP contribution in [0.15, 0.2) is 24.3 Å². The van der Waals surface area contributed by atoms with E-state index in [1.807, 2.05) is 29.2 Å². The average Bonchev–Trinajstić information content (AvgIpc) is 3.30. The third kappa shape index (κ3) is 3.49. The number of benzene rings is 1. The van der Waals surface area contributed by atoms with Crippen LogP contribution < -0.4 is 5.73 Å². The third-order valence-electron chi connectivity index (χ3n) is 4.49. The molecule has 2 amide bonds. The van der Waals surface area contributed by atoms with Gasteiger partial charge in [0.05, 0.1) is 0 Å². The van der Waals surface area contributed by atoms with E-state index in [1.54, 1.807) is 0 Å². The van der Waals surface area contributed by atoms with Crippen molar-refractivity contribution >= 4 is 11.7 Å². The summed E-state index contributed by atoms with van der Waals surface area (Å²) in [6.45, 7) is 4.76. The number of carbonyl (C=O) groups excluding carboxylic acids is 1. The molecule has 0 bridgehead atoms. The largest absolute Gasteiger partial charge is 0.399 e. The molecule has 1 aromatic carbocycles. The summed E-state index contributed by atoms with van der Waals surface area (Å²) in [5.41, 5.74) is 7.67. The Morgan fingerprint density at radius 2 is 2.00 bits per heavy atom. The maximum absolute atomic E-state index is 12.8. The van der Waals surface area contributed by atoms with Gasteiger partial charge in [-0.1, -0.05) is 19.1 Å². The fourth-order valence-corrected chi connectivity index (χ4v) is 3.10. The zero-order chi connectivity index (χ0) is 14.8. The second-order valence-corrected chi connectivity index (χ2v) is 6.58. The second kappa shape index (κ2) is 5.96. The highest BCUT2D eigenvalue weighted by Gasteiger charge is 2.35. The highest BCUT2D eigenvalue weighted by Crippen LogP contribution is 2.30. The van der Waals surface area contributed by atoms with Gasteiger partial charge in [0.15, 0.2) is 0 Å². The standard InChI is InChI=1S/C17H25N3O/c1-13-3-2-10-19(11-13)17(21)20(16-8-9-16)12-14-4-6-15(18)7-5-14/h4-7,13,16H,2-3,8-12,18H2,1H3. The summed E-state index contributed by atoms with van der Waals surface area (Å²) < 4.78 is 0. The van der Waals surface area contributed by atoms with Gasteiger partial charge in [0, 0.05) is 31.4 Å². The van der Waals surface area contributed by atoms with Crippen molar-refractivity contribution in [2.45, 2.75) is 45.2 Å². The van der Waals surface area contributed by atoms with Crippen LogP contribution in [0.1, 0.15) is 38.2 Å². The molecule has 0 radical (unpaired) electrons. The Balaban J connectivity index is 1.69. The topological polar surface area (TPSA) is 49.6 Å². The minimum atomic E-state index is 0.223. The number of piperidine rings is 1. The normalized spacial score (nSPS) is 22.1. The molecule has 1 saturated heterocycles. The first-order valence-electron chi connectivity index (χ1n) is 8.03. The number of likely N-dealkylation sites (tertiary alicyclic amines) is 1. The monoisotopic (exact) mass is 287 g/mol. The van der Waals surface area contributed by atoms with Crippen molar-refractivity contribution in [1.82, 2.24) is 9.80 Å². The lowest BCUT2D eigenvalue weighted by molar-refractivity contribution is 0.126. The summed E-state index contributed by atoms with van der Waals surface area (Å²) in [5, 5.41) is 0. The average molecular weight is 287 g/mol. The Kier molecular flexibility index (Phi) is 4.04. The first kappa shape index (κ1) is 14.2. The zero-order valence-corrected chi connectivity index (χ0v) is 12.8. The summed E-state index contributed by atoms with van der Waals surface area (Å²) in [7, 11) is 0. The van der Waals surface area contributed by atoms with Crippen LogP contribution in [0.3, 0.4) is 0 Å². The van der Waals surface area contributed by atoms with E-state index < -0.39 is 0 Å². The zero-order valence-electron chi connectivity index (χ0n) is 12.8. The molecular formula is C17H25N3O. The molecule has 1 aliphatic heterocycles. The van der Waals surface area contributed by atoms with E-state index in [0.717, 1.165) is 43.6 Å². The van der Waals surface area contributed by atoms with Crippen molar-refractivity contribution < 1.29 is 4.79 Å². The summed E-state index contributed by atoms with van der Waals surface area (Å²) >= 11 is 0. The number of nitrogen functional groups attached to an aromatic ring is 1. The molecule has 114 valence electrons. The molecule has 4 nitrogen and oxygen atoms in total. The third-order valence-corrected chi connectivity index (χ3v) is 4.49. The number of anilines is 1. The number of nitrogens with zero attached hydrogens (tertiary/aromatic N) is 2. The van der Waals surface area contributed by atoms with Crippen LogP contribution in [0.2, 0.25) is 0 Å². The molecule has 1 saturated carbocycles. The smallest absolute Gasteiger partial charge is 0.320 e. The van der Waals surface area contributed by atoms with Gasteiger partial charge < -0.3 is 15.5 Å². The summed E-state index contributed by atoms with van der Waals surface area (Å²) in [4.78, 5) is 16.9. The van der Waals surface area contributed by atoms with Gasteiger partial charge in [0.2, 0.25) is 0 Å². The van der Waals surface area contributed by atoms with Crippen LogP contribution in [-0.2, 0) is 6.54 Å². The highest BCUT2D eigenvalue weighted by atomic mass is 16.2. The molecule has 2 fully saturated rings. The molecule has 3 rings (SSSR count). The molecule has 4 heteroatoms. The molecular weight excluding hydrogens is 262 g/mol. The number of urea groups is 1. The lowest BCUT2D eigenvalue weighted by atomic mass is 10.0. The number of hydrogen-bond acceptors (Lipinski definition) is 2. The molecule has 1 aliphatic carbocycles. The number of carbonyl (C=O) groups is 1. The van der Waals surface area contributed by atoms with Crippen LogP contribution in [0.25, 0.3) is 0 Å². The Hall–Kier alpha value is -1.71. The van der Waals surface area contributed by atoms with E-state index in [2.05, 4.69) is 11.8 Å². The van der Waals surface area contributed by atoms with Crippen LogP contribution in [0, 0.1) is 5.92 Å². The fourth-order valence-electron chi connectivity index (χ4n) is 3.10. The highest BCUT2D eigenvalue weighted by molar-refractivity contribution is 5.75. The number of hydrogen-bond donors (Lipinski definition) is 1. The van der Waals surface area contributed by atoms with Crippen LogP contribution in [0.5, 0.6) is 0 Å². The Bertz CT molecular complexity index is 495. The van der Waals surface area contributed by atoms with Crippen molar-refractivity contribution in [2.75, 3.05) is 18.8 Å². The van der Waals surface area contributed by atoms with Gasteiger partial charge in [0.25, 0.3) is 0 Å². The molecule has 1 unspecified atom stereocenters. The summed E-state index contributed by atoms with van der Waals surface area (Å²) in [6, 6.07) is 8.53. The van der Waals surface area contributed by atoms with Gasteiger partial charge in [-0.2, -0.15) is 0 Å². The van der Waals surface area contributed by atoms with Crippen molar-refractivity contribution in [3.63, 3.8) is 0 Å². The lowest BCUT2D eigenvalue weighted by Crippen LogP contribution is -2.47. The first-order valence-corrected chi connectivity index (χ1v) is 8.03. The molecule has 1 heterocycles. The van der Waals surface area contributed by atoms with E-state index >= 15 is 0 Å². The maximum atomic E-state index is 12.8. The van der Waals surface area contributed by atoms with Gasteiger partial charge in [-0.05, 0) is 49.3 Å². The molecule has 21 heavy (non-hydrogen) atoms. The van der Waals surface area contributed by atoms with Crippen molar-refractivity contribution in [3.05, 3.63) is 29.8 Å². The SMILES string of the molecule is CC1CCCN(C(=O)N(Cc2ccc(N)cc2)C2CC2)C1. The van der Waals surface area contributed by atoms with Gasteiger partial charge in [-0.25, -0.2) is 4.79 Å². The molecule has 1 aromatic rings. The predicted octanol–water partition coefficient (Wildman–Crippen LogP) is 3.09. The minimum absolute atomic E-state index is 0.223. The quantitative estimate of drug-likeness (QED) is 0.869. The minimum Gasteiger partial charge on any atom is -0.399 e. The van der Waals surface area contributed by atoms with Crippen LogP contribution in [0.4, 0.5) is 10.5 Å². The number of amides is 2. The van der Waals surface area contributed by atoms with Gasteiger partial charge >= 0.3 is 6.03 Å². The fraction of sp³-hybridized carbons (Fsp3) is 0.588. The van der Waals surface area contributed by atoms with Crippen LogP contribution in [-0.4, -0.2) is 35.0 Å². The van der Waals surface area contributed by atoms with E-state index in [9.17, 15) is 4.79 Å². The number of nitrogens with two attached hydrogens (primary N) is 1. The van der Waals surface area contributed by atoms with Gasteiger partial charge in [0.1, 0.15) is 0 Å². The van der Waals surface area contributed by atoms with E-state index in [4.69, 9.17) is 5.73 Å². The van der Waals surface area contributed by atoms with E-state index in [0.29, 0.717) is 18.5 Å². The van der Waals surface area contributed by atoms with Crippen molar-refractivity contribution in [3.8, 4) is 0 Å². The second-order valence-electron chi connectivity index (χ2n) is 6.58. The van der Waals surface area contributed by atoms with Crippen molar-refractivity contribution in [2.24, 2.45) is 5.92 Å². The first-order chi connectivity index (χ1) is 10.1. The Labute approximate surface area is 126 Å². The van der Waals surface area contributed by atoms with E-state index in [1.165, 1.54) is 6.42 Å². The van der Waals surface area contributed by atoms with Crippen molar-refractivity contribution in [1.29, 1.82) is 0 Å². The predicted molar refractivity (Wildman–Crippen MR) is 84.8 cm³/mol.